The highest BCUT2D eigenvalue weighted by molar-refractivity contribution is 5.79. The number of aliphatic carboxylic acids is 1. The second-order valence-corrected chi connectivity index (χ2v) is 4.33. The van der Waals surface area contributed by atoms with Gasteiger partial charge in [0.15, 0.2) is 0 Å². The molecule has 0 spiro atoms. The van der Waals surface area contributed by atoms with Gasteiger partial charge < -0.3 is 19.9 Å². The molecule has 1 aliphatic rings. The fourth-order valence-electron chi connectivity index (χ4n) is 1.79. The predicted molar refractivity (Wildman–Crippen MR) is 62.9 cm³/mol. The van der Waals surface area contributed by atoms with Crippen LogP contribution in [0.4, 0.5) is 4.79 Å². The van der Waals surface area contributed by atoms with Gasteiger partial charge in [0, 0.05) is 38.6 Å². The summed E-state index contributed by atoms with van der Waals surface area (Å²) in [4.78, 5) is 27.6. The summed E-state index contributed by atoms with van der Waals surface area (Å²) < 4.78 is 1.94. The lowest BCUT2D eigenvalue weighted by molar-refractivity contribution is -0.146. The Morgan fingerprint density at radius 3 is 2.83 bits per heavy atom. The third kappa shape index (κ3) is 2.99. The largest absolute Gasteiger partial charge is 0.481 e. The zero-order chi connectivity index (χ0) is 13.0. The molecule has 2 N–H and O–H groups in total. The summed E-state index contributed by atoms with van der Waals surface area (Å²) in [6.45, 7) is 1.99. The van der Waals surface area contributed by atoms with Crippen molar-refractivity contribution in [1.82, 2.24) is 19.8 Å². The molecular formula is C11H16N4O3. The van der Waals surface area contributed by atoms with Gasteiger partial charge >= 0.3 is 12.0 Å². The van der Waals surface area contributed by atoms with Gasteiger partial charge in [-0.3, -0.25) is 4.79 Å². The molecule has 0 atom stereocenters. The summed E-state index contributed by atoms with van der Waals surface area (Å²) in [5, 5.41) is 11.5. The second kappa shape index (κ2) is 5.52. The molecule has 0 unspecified atom stereocenters. The topological polar surface area (TPSA) is 87.5 Å². The summed E-state index contributed by atoms with van der Waals surface area (Å²) in [5.41, 5.74) is 0. The van der Waals surface area contributed by atoms with Crippen molar-refractivity contribution >= 4 is 12.0 Å². The molecular weight excluding hydrogens is 236 g/mol. The number of urea groups is 1. The van der Waals surface area contributed by atoms with Crippen molar-refractivity contribution in [2.75, 3.05) is 19.6 Å². The highest BCUT2D eigenvalue weighted by Crippen LogP contribution is 2.14. The molecule has 0 saturated carbocycles. The first-order chi connectivity index (χ1) is 8.66. The Balaban J connectivity index is 1.57. The average molecular weight is 252 g/mol. The van der Waals surface area contributed by atoms with Crippen LogP contribution in [-0.4, -0.2) is 51.2 Å². The van der Waals surface area contributed by atoms with Crippen LogP contribution in [-0.2, 0) is 11.3 Å². The van der Waals surface area contributed by atoms with Gasteiger partial charge in [-0.25, -0.2) is 9.78 Å². The smallest absolute Gasteiger partial charge is 0.317 e. The molecule has 18 heavy (non-hydrogen) atoms. The quantitative estimate of drug-likeness (QED) is 0.722. The Morgan fingerprint density at radius 1 is 1.44 bits per heavy atom. The number of nitrogens with one attached hydrogen (secondary N) is 1. The molecule has 1 fully saturated rings. The van der Waals surface area contributed by atoms with Crippen LogP contribution in [0, 0.1) is 5.92 Å². The Hall–Kier alpha value is -2.05. The SMILES string of the molecule is O=C(O)C1CN(C(=O)NCCCn2ccnc2)C1. The molecule has 1 aromatic rings. The van der Waals surface area contributed by atoms with Crippen LogP contribution >= 0.6 is 0 Å². The number of carbonyl (C=O) groups excluding carboxylic acids is 1. The number of carboxylic acids is 1. The van der Waals surface area contributed by atoms with E-state index in [0.717, 1.165) is 13.0 Å². The van der Waals surface area contributed by atoms with E-state index in [1.54, 1.807) is 12.5 Å². The van der Waals surface area contributed by atoms with E-state index < -0.39 is 11.9 Å². The molecule has 0 radical (unpaired) electrons. The fraction of sp³-hybridized carbons (Fsp3) is 0.545. The number of likely N-dealkylation sites (tertiary alicyclic amines) is 1. The van der Waals surface area contributed by atoms with E-state index in [9.17, 15) is 9.59 Å². The minimum absolute atomic E-state index is 0.182. The van der Waals surface area contributed by atoms with E-state index in [2.05, 4.69) is 10.3 Å². The van der Waals surface area contributed by atoms with E-state index in [1.807, 2.05) is 10.8 Å². The lowest BCUT2D eigenvalue weighted by atomic mass is 10.0. The molecule has 2 rings (SSSR count). The summed E-state index contributed by atoms with van der Waals surface area (Å²) >= 11 is 0. The number of aryl methyl sites for hydroxylation is 1. The zero-order valence-electron chi connectivity index (χ0n) is 9.95. The van der Waals surface area contributed by atoms with Gasteiger partial charge in [-0.2, -0.15) is 0 Å². The molecule has 0 bridgehead atoms. The molecule has 1 aliphatic heterocycles. The van der Waals surface area contributed by atoms with Gasteiger partial charge in [0.2, 0.25) is 0 Å². The van der Waals surface area contributed by atoms with E-state index in [4.69, 9.17) is 5.11 Å². The van der Waals surface area contributed by atoms with Crippen LogP contribution in [0.3, 0.4) is 0 Å². The van der Waals surface area contributed by atoms with Crippen LogP contribution in [0.15, 0.2) is 18.7 Å². The van der Waals surface area contributed by atoms with Crippen LogP contribution in [0.1, 0.15) is 6.42 Å². The van der Waals surface area contributed by atoms with Crippen LogP contribution in [0.2, 0.25) is 0 Å². The third-order valence-corrected chi connectivity index (χ3v) is 2.95. The van der Waals surface area contributed by atoms with Gasteiger partial charge in [0.25, 0.3) is 0 Å². The molecule has 1 saturated heterocycles. The Labute approximate surface area is 104 Å². The van der Waals surface area contributed by atoms with Crippen molar-refractivity contribution < 1.29 is 14.7 Å². The minimum Gasteiger partial charge on any atom is -0.481 e. The molecule has 1 aromatic heterocycles. The molecule has 2 heterocycles. The van der Waals surface area contributed by atoms with Gasteiger partial charge in [0.1, 0.15) is 0 Å². The Bertz CT molecular complexity index is 412. The first-order valence-corrected chi connectivity index (χ1v) is 5.88. The van der Waals surface area contributed by atoms with Gasteiger partial charge in [-0.15, -0.1) is 0 Å². The van der Waals surface area contributed by atoms with Crippen LogP contribution in [0.25, 0.3) is 0 Å². The number of aromatic nitrogens is 2. The number of rotatable bonds is 5. The first kappa shape index (κ1) is 12.4. The van der Waals surface area contributed by atoms with E-state index in [1.165, 1.54) is 4.90 Å². The van der Waals surface area contributed by atoms with E-state index >= 15 is 0 Å². The van der Waals surface area contributed by atoms with Crippen molar-refractivity contribution in [3.05, 3.63) is 18.7 Å². The molecule has 98 valence electrons. The maximum atomic E-state index is 11.6. The Kier molecular flexibility index (Phi) is 3.81. The monoisotopic (exact) mass is 252 g/mol. The fourth-order valence-corrected chi connectivity index (χ4v) is 1.79. The van der Waals surface area contributed by atoms with Crippen molar-refractivity contribution in [2.45, 2.75) is 13.0 Å². The lowest BCUT2D eigenvalue weighted by Crippen LogP contribution is -2.56. The van der Waals surface area contributed by atoms with Crippen LogP contribution in [0.5, 0.6) is 0 Å². The minimum atomic E-state index is -0.834. The molecule has 0 aromatic carbocycles. The lowest BCUT2D eigenvalue weighted by Gasteiger charge is -2.36. The number of hydrogen-bond donors (Lipinski definition) is 2. The number of carboxylic acid groups (broad SMARTS) is 1. The average Bonchev–Trinajstić information content (AvgIpc) is 2.74. The van der Waals surface area contributed by atoms with Gasteiger partial charge in [0.05, 0.1) is 12.2 Å². The number of amides is 2. The summed E-state index contributed by atoms with van der Waals surface area (Å²) in [6.07, 6.45) is 6.13. The summed E-state index contributed by atoms with van der Waals surface area (Å²) in [5.74, 6) is -1.24. The number of nitrogens with zero attached hydrogens (tertiary/aromatic N) is 3. The van der Waals surface area contributed by atoms with Gasteiger partial charge in [-0.1, -0.05) is 0 Å². The number of carbonyl (C=O) groups is 2. The van der Waals surface area contributed by atoms with Crippen molar-refractivity contribution in [3.63, 3.8) is 0 Å². The molecule has 7 nitrogen and oxygen atoms in total. The Morgan fingerprint density at radius 2 is 2.22 bits per heavy atom. The highest BCUT2D eigenvalue weighted by atomic mass is 16.4. The number of imidazole rings is 1. The third-order valence-electron chi connectivity index (χ3n) is 2.95. The van der Waals surface area contributed by atoms with Crippen molar-refractivity contribution in [1.29, 1.82) is 0 Å². The van der Waals surface area contributed by atoms with Crippen molar-refractivity contribution in [3.8, 4) is 0 Å². The maximum Gasteiger partial charge on any atom is 0.317 e. The molecule has 2 amide bonds. The van der Waals surface area contributed by atoms with Gasteiger partial charge in [-0.05, 0) is 6.42 Å². The van der Waals surface area contributed by atoms with E-state index in [-0.39, 0.29) is 6.03 Å². The first-order valence-electron chi connectivity index (χ1n) is 5.88. The summed E-state index contributed by atoms with van der Waals surface area (Å²) in [7, 11) is 0. The molecule has 0 aliphatic carbocycles. The number of hydrogen-bond acceptors (Lipinski definition) is 3. The van der Waals surface area contributed by atoms with Crippen LogP contribution < -0.4 is 5.32 Å². The van der Waals surface area contributed by atoms with E-state index in [0.29, 0.717) is 19.6 Å². The standard InChI is InChI=1S/C11H16N4O3/c16-10(17)9-6-15(7-9)11(18)13-2-1-4-14-5-3-12-8-14/h3,5,8-9H,1-2,4,6-7H2,(H,13,18)(H,16,17). The maximum absolute atomic E-state index is 11.6. The summed E-state index contributed by atoms with van der Waals surface area (Å²) in [6, 6.07) is -0.182. The van der Waals surface area contributed by atoms with Crippen molar-refractivity contribution in [2.24, 2.45) is 5.92 Å². The molecule has 7 heteroatoms. The normalized spacial score (nSPS) is 15.2. The predicted octanol–water partition coefficient (Wildman–Crippen LogP) is -0.000800. The highest BCUT2D eigenvalue weighted by Gasteiger charge is 2.35. The zero-order valence-corrected chi connectivity index (χ0v) is 9.95. The second-order valence-electron chi connectivity index (χ2n) is 4.33.